The van der Waals surface area contributed by atoms with Gasteiger partial charge in [-0.15, -0.1) is 0 Å². The molecule has 0 amide bonds. The summed E-state index contributed by atoms with van der Waals surface area (Å²) < 4.78 is 32.5. The van der Waals surface area contributed by atoms with E-state index < -0.39 is 18.9 Å². The lowest BCUT2D eigenvalue weighted by Gasteiger charge is -2.19. The number of benzene rings is 1. The van der Waals surface area contributed by atoms with Crippen LogP contribution >= 0.6 is 0 Å². The first-order valence-corrected chi connectivity index (χ1v) is 11.3. The van der Waals surface area contributed by atoms with Gasteiger partial charge in [0.1, 0.15) is 0 Å². The van der Waals surface area contributed by atoms with Crippen LogP contribution in [-0.4, -0.2) is 21.8 Å². The fourth-order valence-electron chi connectivity index (χ4n) is 2.53. The third-order valence-corrected chi connectivity index (χ3v) is 6.37. The van der Waals surface area contributed by atoms with Crippen molar-refractivity contribution in [2.75, 3.05) is 0 Å². The minimum atomic E-state index is -4.12. The van der Waals surface area contributed by atoms with Gasteiger partial charge in [-0.05, 0) is 41.6 Å². The first-order valence-electron chi connectivity index (χ1n) is 6.95. The van der Waals surface area contributed by atoms with Crippen molar-refractivity contribution in [1.82, 2.24) is 0 Å². The smallest absolute Gasteiger partial charge is 0.282 e. The van der Waals surface area contributed by atoms with Crippen molar-refractivity contribution in [3.63, 3.8) is 0 Å². The molecule has 0 fully saturated rings. The maximum absolute atomic E-state index is 11.6. The third kappa shape index (κ3) is 3.90. The average molecular weight is 300 g/mol. The van der Waals surface area contributed by atoms with Gasteiger partial charge in [-0.2, -0.15) is 8.42 Å². The molecule has 0 spiro atoms. The summed E-state index contributed by atoms with van der Waals surface area (Å²) in [5.41, 5.74) is 2.39. The largest absolute Gasteiger partial charge is 0.294 e. The van der Waals surface area contributed by atoms with E-state index in [1.807, 2.05) is 6.07 Å². The Hall–Kier alpha value is -0.653. The maximum Gasteiger partial charge on any atom is 0.294 e. The maximum atomic E-state index is 11.6. The molecule has 0 atom stereocenters. The van der Waals surface area contributed by atoms with Crippen molar-refractivity contribution >= 4 is 24.1 Å². The average Bonchev–Trinajstić information content (AvgIpc) is 2.33. The third-order valence-electron chi connectivity index (χ3n) is 3.43. The minimum absolute atomic E-state index is 0.137. The second kappa shape index (κ2) is 6.68. The second-order valence-electron chi connectivity index (χ2n) is 5.20. The Bertz CT molecular complexity index is 536. The van der Waals surface area contributed by atoms with E-state index in [4.69, 9.17) is 0 Å². The van der Waals surface area contributed by atoms with Crippen molar-refractivity contribution in [2.45, 2.75) is 57.5 Å². The summed E-state index contributed by atoms with van der Waals surface area (Å²) >= 11 is 0. The van der Waals surface area contributed by atoms with Crippen LogP contribution in [0.5, 0.6) is 0 Å². The zero-order valence-corrected chi connectivity index (χ0v) is 14.2. The number of hydrogen-bond acceptors (Lipinski definition) is 2. The normalized spacial score (nSPS) is 12.1. The van der Waals surface area contributed by atoms with E-state index in [1.165, 1.54) is 11.1 Å². The first kappa shape index (κ1) is 16.4. The highest BCUT2D eigenvalue weighted by atomic mass is 32.2. The molecule has 1 aromatic carbocycles. The molecule has 0 saturated carbocycles. The Balaban J connectivity index is 3.53. The molecule has 0 bridgehead atoms. The zero-order chi connectivity index (χ0) is 14.6. The molecule has 5 heteroatoms. The van der Waals surface area contributed by atoms with Crippen molar-refractivity contribution in [3.05, 3.63) is 23.3 Å². The lowest BCUT2D eigenvalue weighted by atomic mass is 10.00. The van der Waals surface area contributed by atoms with E-state index in [0.29, 0.717) is 0 Å². The Morgan fingerprint density at radius 3 is 2.26 bits per heavy atom. The van der Waals surface area contributed by atoms with Gasteiger partial charge in [0.25, 0.3) is 10.1 Å². The van der Waals surface area contributed by atoms with Gasteiger partial charge in [0.05, 0.1) is 13.7 Å². The Kier molecular flexibility index (Phi) is 5.76. The van der Waals surface area contributed by atoms with Crippen molar-refractivity contribution in [2.24, 2.45) is 0 Å². The van der Waals surface area contributed by atoms with Crippen LogP contribution in [0.15, 0.2) is 17.0 Å². The zero-order valence-electron chi connectivity index (χ0n) is 12.2. The van der Waals surface area contributed by atoms with Gasteiger partial charge >= 0.3 is 0 Å². The second-order valence-corrected chi connectivity index (χ2v) is 9.48. The van der Waals surface area contributed by atoms with Crippen LogP contribution in [0, 0.1) is 0 Å². The van der Waals surface area contributed by atoms with Crippen LogP contribution in [0.1, 0.15) is 37.8 Å². The predicted octanol–water partition coefficient (Wildman–Crippen LogP) is 2.53. The van der Waals surface area contributed by atoms with Crippen LogP contribution in [0.25, 0.3) is 0 Å². The molecule has 1 aromatic rings. The van der Waals surface area contributed by atoms with E-state index in [1.54, 1.807) is 6.07 Å². The summed E-state index contributed by atoms with van der Waals surface area (Å²) in [6, 6.07) is 3.43. The molecule has 108 valence electrons. The fourth-order valence-corrected chi connectivity index (χ4v) is 6.01. The summed E-state index contributed by atoms with van der Waals surface area (Å²) in [4.78, 5) is 0.137. The molecule has 0 aliphatic rings. The molecule has 1 N–H and O–H groups in total. The molecule has 0 saturated heterocycles. The Labute approximate surface area is 118 Å². The summed E-state index contributed by atoms with van der Waals surface area (Å²) in [7, 11) is -5.45. The van der Waals surface area contributed by atoms with E-state index in [-0.39, 0.29) is 4.90 Å². The first-order chi connectivity index (χ1) is 8.82. The molecule has 0 heterocycles. The molecule has 0 aliphatic heterocycles. The number of unbranched alkanes of at least 4 members (excludes halogenated alkanes) is 1. The highest BCUT2D eigenvalue weighted by Gasteiger charge is 2.22. The van der Waals surface area contributed by atoms with Gasteiger partial charge in [0, 0.05) is 0 Å². The lowest BCUT2D eigenvalue weighted by Crippen LogP contribution is -2.33. The number of aryl methyl sites for hydroxylation is 1. The van der Waals surface area contributed by atoms with Crippen LogP contribution in [0.3, 0.4) is 0 Å². The monoisotopic (exact) mass is 300 g/mol. The summed E-state index contributed by atoms with van der Waals surface area (Å²) in [5, 5.41) is 0.926. The molecule has 0 unspecified atom stereocenters. The van der Waals surface area contributed by atoms with Gasteiger partial charge in [0.15, 0.2) is 0 Å². The molecular formula is C14H24O3SSi. The van der Waals surface area contributed by atoms with Crippen molar-refractivity contribution in [1.29, 1.82) is 0 Å². The molecule has 1 rings (SSSR count). The molecule has 3 nitrogen and oxygen atoms in total. The number of rotatable bonds is 6. The highest BCUT2D eigenvalue weighted by Crippen LogP contribution is 2.18. The fraction of sp³-hybridized carbons (Fsp3) is 0.571. The van der Waals surface area contributed by atoms with Crippen molar-refractivity contribution < 1.29 is 13.0 Å². The minimum Gasteiger partial charge on any atom is -0.282 e. The molecule has 0 aromatic heterocycles. The molecular weight excluding hydrogens is 276 g/mol. The van der Waals surface area contributed by atoms with Crippen LogP contribution in [0.2, 0.25) is 13.1 Å². The Morgan fingerprint density at radius 1 is 1.21 bits per heavy atom. The Morgan fingerprint density at radius 2 is 1.84 bits per heavy atom. The van der Waals surface area contributed by atoms with Gasteiger partial charge < -0.3 is 0 Å². The SMILES string of the molecule is CCCCc1c(CC)ccc(S(=O)(=O)O)c1[SiH](C)C. The van der Waals surface area contributed by atoms with Crippen LogP contribution in [0.4, 0.5) is 0 Å². The summed E-state index contributed by atoms with van der Waals surface area (Å²) in [6.45, 7) is 8.44. The van der Waals surface area contributed by atoms with Gasteiger partial charge in [-0.3, -0.25) is 4.55 Å². The van der Waals surface area contributed by atoms with Crippen LogP contribution in [-0.2, 0) is 23.0 Å². The lowest BCUT2D eigenvalue weighted by molar-refractivity contribution is 0.483. The van der Waals surface area contributed by atoms with Crippen molar-refractivity contribution in [3.8, 4) is 0 Å². The molecule has 0 aliphatic carbocycles. The predicted molar refractivity (Wildman–Crippen MR) is 82.8 cm³/mol. The summed E-state index contributed by atoms with van der Waals surface area (Å²) in [6.07, 6.45) is 3.94. The highest BCUT2D eigenvalue weighted by molar-refractivity contribution is 7.86. The quantitative estimate of drug-likeness (QED) is 0.649. The van der Waals surface area contributed by atoms with E-state index in [0.717, 1.165) is 30.9 Å². The topological polar surface area (TPSA) is 54.4 Å². The van der Waals surface area contributed by atoms with E-state index in [9.17, 15) is 13.0 Å². The van der Waals surface area contributed by atoms with Gasteiger partial charge in [-0.25, -0.2) is 0 Å². The van der Waals surface area contributed by atoms with Gasteiger partial charge in [0.2, 0.25) is 0 Å². The van der Waals surface area contributed by atoms with Gasteiger partial charge in [-0.1, -0.05) is 39.4 Å². The standard InChI is InChI=1S/C14H24O3SSi/c1-5-7-8-12-11(6-2)9-10-13(18(15,16)17)14(12)19(3)4/h9-10,19H,5-8H2,1-4H3,(H,15,16,17). The molecule has 19 heavy (non-hydrogen) atoms. The van der Waals surface area contributed by atoms with E-state index >= 15 is 0 Å². The molecule has 0 radical (unpaired) electrons. The number of hydrogen-bond donors (Lipinski definition) is 1. The summed E-state index contributed by atoms with van der Waals surface area (Å²) in [5.74, 6) is 0. The van der Waals surface area contributed by atoms with E-state index in [2.05, 4.69) is 26.9 Å². The van der Waals surface area contributed by atoms with Crippen LogP contribution < -0.4 is 5.19 Å².